The molecule has 74 valence electrons. The molecule has 0 atom stereocenters. The van der Waals surface area contributed by atoms with Crippen LogP contribution in [0.3, 0.4) is 0 Å². The second-order valence-corrected chi connectivity index (χ2v) is 3.65. The zero-order valence-electron chi connectivity index (χ0n) is 7.14. The minimum absolute atomic E-state index is 0.0301. The van der Waals surface area contributed by atoms with Gasteiger partial charge >= 0.3 is 4.83 Å². The first-order valence-corrected chi connectivity index (χ1v) is 4.58. The van der Waals surface area contributed by atoms with Crippen LogP contribution in [0.5, 0.6) is 0 Å². The molecule has 0 spiro atoms. The van der Waals surface area contributed by atoms with Gasteiger partial charge in [-0.2, -0.15) is 8.78 Å². The largest absolute Gasteiger partial charge is 0.363 e. The van der Waals surface area contributed by atoms with E-state index >= 15 is 0 Å². The van der Waals surface area contributed by atoms with Gasteiger partial charge in [-0.3, -0.25) is 4.79 Å². The van der Waals surface area contributed by atoms with Crippen LogP contribution in [0, 0.1) is 0 Å². The van der Waals surface area contributed by atoms with Crippen LogP contribution in [0.25, 0.3) is 6.08 Å². The van der Waals surface area contributed by atoms with Crippen molar-refractivity contribution < 1.29 is 13.6 Å². The monoisotopic (exact) mass is 260 g/mol. The molecular weight excluding hydrogens is 254 g/mol. The maximum atomic E-state index is 12.5. The Morgan fingerprint density at radius 1 is 1.36 bits per heavy atom. The highest BCUT2D eigenvalue weighted by Crippen LogP contribution is 2.26. The fraction of sp³-hybridized carbons (Fsp3) is 0.100. The topological polar surface area (TPSA) is 17.1 Å². The molecule has 0 saturated heterocycles. The summed E-state index contributed by atoms with van der Waals surface area (Å²) in [5.41, 5.74) is 0.747. The van der Waals surface area contributed by atoms with Gasteiger partial charge in [0.05, 0.1) is 0 Å². The number of rotatable bonds is 3. The van der Waals surface area contributed by atoms with Gasteiger partial charge in [-0.15, -0.1) is 0 Å². The fourth-order valence-corrected chi connectivity index (χ4v) is 1.16. The van der Waals surface area contributed by atoms with E-state index in [0.717, 1.165) is 5.56 Å². The van der Waals surface area contributed by atoms with E-state index in [2.05, 4.69) is 6.58 Å². The quantitative estimate of drug-likeness (QED) is 0.601. The minimum atomic E-state index is -3.50. The van der Waals surface area contributed by atoms with Crippen molar-refractivity contribution in [2.75, 3.05) is 0 Å². The predicted octanol–water partition coefficient (Wildman–Crippen LogP) is 3.50. The van der Waals surface area contributed by atoms with Crippen molar-refractivity contribution in [2.45, 2.75) is 4.83 Å². The molecule has 0 aliphatic heterocycles. The molecule has 0 unspecified atom stereocenters. The lowest BCUT2D eigenvalue weighted by molar-refractivity contribution is 0.0592. The highest BCUT2D eigenvalue weighted by Gasteiger charge is 2.35. The molecule has 1 aromatic carbocycles. The number of halogens is 3. The maximum absolute atomic E-state index is 12.5. The van der Waals surface area contributed by atoms with Crippen LogP contribution in [0.4, 0.5) is 8.78 Å². The summed E-state index contributed by atoms with van der Waals surface area (Å²) in [5.74, 6) is -1.24. The Morgan fingerprint density at radius 2 is 1.86 bits per heavy atom. The third kappa shape index (κ3) is 2.48. The molecular formula is C10H7BrF2O. The summed E-state index contributed by atoms with van der Waals surface area (Å²) >= 11 is 2.01. The van der Waals surface area contributed by atoms with Crippen LogP contribution in [-0.4, -0.2) is 10.6 Å². The second kappa shape index (κ2) is 4.00. The highest BCUT2D eigenvalue weighted by atomic mass is 79.9. The molecule has 0 aliphatic rings. The number of hydrogen-bond acceptors (Lipinski definition) is 1. The van der Waals surface area contributed by atoms with Gasteiger partial charge < -0.3 is 0 Å². The summed E-state index contributed by atoms with van der Waals surface area (Å²) in [7, 11) is 0. The summed E-state index contributed by atoms with van der Waals surface area (Å²) in [6.07, 6.45) is 1.57. The highest BCUT2D eigenvalue weighted by molar-refractivity contribution is 9.10. The van der Waals surface area contributed by atoms with E-state index in [1.165, 1.54) is 12.1 Å². The lowest BCUT2D eigenvalue weighted by atomic mass is 10.1. The summed E-state index contributed by atoms with van der Waals surface area (Å²) in [5, 5.41) is 0. The third-order valence-electron chi connectivity index (χ3n) is 1.67. The standard InChI is InChI=1S/C10H7BrF2O/c1-2-7-3-5-8(6-4-7)9(14)10(11,12)13/h2-6H,1H2. The van der Waals surface area contributed by atoms with E-state index in [1.807, 2.05) is 15.9 Å². The zero-order valence-corrected chi connectivity index (χ0v) is 8.72. The molecule has 0 bridgehead atoms. The van der Waals surface area contributed by atoms with Gasteiger partial charge in [0, 0.05) is 5.56 Å². The van der Waals surface area contributed by atoms with Crippen LogP contribution < -0.4 is 0 Å². The van der Waals surface area contributed by atoms with E-state index in [1.54, 1.807) is 18.2 Å². The Morgan fingerprint density at radius 3 is 2.21 bits per heavy atom. The first-order chi connectivity index (χ1) is 6.45. The van der Waals surface area contributed by atoms with E-state index in [9.17, 15) is 13.6 Å². The zero-order chi connectivity index (χ0) is 10.8. The van der Waals surface area contributed by atoms with Crippen LogP contribution in [-0.2, 0) is 0 Å². The van der Waals surface area contributed by atoms with Crippen molar-refractivity contribution in [3.05, 3.63) is 42.0 Å². The molecule has 1 nitrogen and oxygen atoms in total. The lowest BCUT2D eigenvalue weighted by Crippen LogP contribution is -2.20. The van der Waals surface area contributed by atoms with Crippen molar-refractivity contribution in [3.63, 3.8) is 0 Å². The fourth-order valence-electron chi connectivity index (χ4n) is 0.934. The number of carbonyl (C=O) groups is 1. The van der Waals surface area contributed by atoms with Crippen LogP contribution in [0.2, 0.25) is 0 Å². The SMILES string of the molecule is C=Cc1ccc(C(=O)C(F)(F)Br)cc1. The molecule has 1 rings (SSSR count). The average Bonchev–Trinajstić information content (AvgIpc) is 2.15. The van der Waals surface area contributed by atoms with Crippen molar-refractivity contribution in [3.8, 4) is 0 Å². The van der Waals surface area contributed by atoms with Gasteiger partial charge in [-0.1, -0.05) is 36.9 Å². The lowest BCUT2D eigenvalue weighted by Gasteiger charge is -2.06. The van der Waals surface area contributed by atoms with Crippen LogP contribution in [0.15, 0.2) is 30.8 Å². The van der Waals surface area contributed by atoms with Gasteiger partial charge in [-0.25, -0.2) is 0 Å². The Labute approximate surface area is 88.6 Å². The summed E-state index contributed by atoms with van der Waals surface area (Å²) in [6.45, 7) is 3.51. The Bertz CT molecular complexity index is 351. The van der Waals surface area contributed by atoms with Crippen LogP contribution >= 0.6 is 15.9 Å². The first kappa shape index (κ1) is 11.0. The normalized spacial score (nSPS) is 11.1. The summed E-state index contributed by atoms with van der Waals surface area (Å²) in [4.78, 5) is 7.55. The Kier molecular flexibility index (Phi) is 3.16. The number of hydrogen-bond donors (Lipinski definition) is 0. The molecule has 0 saturated carbocycles. The van der Waals surface area contributed by atoms with Crippen molar-refractivity contribution in [1.29, 1.82) is 0 Å². The summed E-state index contributed by atoms with van der Waals surface area (Å²) in [6, 6.07) is 5.79. The number of Topliss-reactive ketones (excluding diaryl/α,β-unsaturated/α-hetero) is 1. The van der Waals surface area contributed by atoms with Crippen molar-refractivity contribution in [1.82, 2.24) is 0 Å². The Hall–Kier alpha value is -1.03. The molecule has 0 aromatic heterocycles. The third-order valence-corrected chi connectivity index (χ3v) is 2.03. The average molecular weight is 261 g/mol. The van der Waals surface area contributed by atoms with E-state index in [4.69, 9.17) is 0 Å². The number of ketones is 1. The molecule has 14 heavy (non-hydrogen) atoms. The first-order valence-electron chi connectivity index (χ1n) is 3.79. The molecule has 0 fully saturated rings. The molecule has 0 aliphatic carbocycles. The van der Waals surface area contributed by atoms with Crippen molar-refractivity contribution >= 4 is 27.8 Å². The second-order valence-electron chi connectivity index (χ2n) is 2.65. The number of carbonyl (C=O) groups excluding carboxylic acids is 1. The predicted molar refractivity (Wildman–Crippen MR) is 54.7 cm³/mol. The van der Waals surface area contributed by atoms with Gasteiger partial charge in [0.1, 0.15) is 0 Å². The molecule has 0 heterocycles. The molecule has 0 radical (unpaired) electrons. The van der Waals surface area contributed by atoms with Crippen LogP contribution in [0.1, 0.15) is 15.9 Å². The van der Waals surface area contributed by atoms with E-state index < -0.39 is 10.6 Å². The minimum Gasteiger partial charge on any atom is -0.286 e. The molecule has 1 aromatic rings. The number of alkyl halides is 3. The number of benzene rings is 1. The molecule has 0 N–H and O–H groups in total. The van der Waals surface area contributed by atoms with Gasteiger partial charge in [0.2, 0.25) is 5.78 Å². The molecule has 4 heteroatoms. The smallest absolute Gasteiger partial charge is 0.286 e. The van der Waals surface area contributed by atoms with Gasteiger partial charge in [-0.05, 0) is 21.5 Å². The van der Waals surface area contributed by atoms with E-state index in [0.29, 0.717) is 0 Å². The Balaban J connectivity index is 2.98. The molecule has 0 amide bonds. The van der Waals surface area contributed by atoms with E-state index in [-0.39, 0.29) is 5.56 Å². The van der Waals surface area contributed by atoms with Gasteiger partial charge in [0.15, 0.2) is 0 Å². The maximum Gasteiger partial charge on any atom is 0.363 e. The van der Waals surface area contributed by atoms with Crippen molar-refractivity contribution in [2.24, 2.45) is 0 Å². The summed E-state index contributed by atoms with van der Waals surface area (Å²) < 4.78 is 25.1. The van der Waals surface area contributed by atoms with Gasteiger partial charge in [0.25, 0.3) is 0 Å².